The summed E-state index contributed by atoms with van der Waals surface area (Å²) in [5, 5.41) is 5.81. The van der Waals surface area contributed by atoms with E-state index in [9.17, 15) is 4.79 Å². The number of hydrogen-bond donors (Lipinski definition) is 2. The molecule has 2 N–H and O–H groups in total. The molecule has 19 heavy (non-hydrogen) atoms. The largest absolute Gasteiger partial charge is 0.373 e. The first-order valence-electron chi connectivity index (χ1n) is 6.09. The lowest BCUT2D eigenvalue weighted by Gasteiger charge is -2.08. The number of nitrogens with zero attached hydrogens (tertiary/aromatic N) is 3. The fourth-order valence-electron chi connectivity index (χ4n) is 1.75. The van der Waals surface area contributed by atoms with Crippen LogP contribution in [-0.2, 0) is 6.54 Å². The van der Waals surface area contributed by atoms with Gasteiger partial charge in [-0.2, -0.15) is 0 Å². The Balaban J connectivity index is 1.94. The molecule has 100 valence electrons. The van der Waals surface area contributed by atoms with Gasteiger partial charge in [-0.15, -0.1) is 0 Å². The number of pyridine rings is 1. The molecule has 2 heterocycles. The van der Waals surface area contributed by atoms with Crippen molar-refractivity contribution in [3.8, 4) is 0 Å². The second-order valence-corrected chi connectivity index (χ2v) is 4.19. The maximum atomic E-state index is 12.0. The minimum absolute atomic E-state index is 0.0953. The number of rotatable bonds is 5. The van der Waals surface area contributed by atoms with Crippen molar-refractivity contribution in [3.63, 3.8) is 0 Å². The minimum atomic E-state index is -0.0953. The number of aryl methyl sites for hydroxylation is 1. The van der Waals surface area contributed by atoms with Crippen molar-refractivity contribution in [3.05, 3.63) is 42.1 Å². The smallest absolute Gasteiger partial charge is 0.251 e. The van der Waals surface area contributed by atoms with E-state index in [4.69, 9.17) is 0 Å². The lowest BCUT2D eigenvalue weighted by atomic mass is 10.2. The van der Waals surface area contributed by atoms with E-state index < -0.39 is 0 Å². The normalized spacial score (nSPS) is 10.2. The maximum Gasteiger partial charge on any atom is 0.251 e. The summed E-state index contributed by atoms with van der Waals surface area (Å²) in [5.74, 6) is 0.599. The van der Waals surface area contributed by atoms with Crippen LogP contribution in [0, 0.1) is 6.92 Å². The lowest BCUT2D eigenvalue weighted by Crippen LogP contribution is -2.27. The van der Waals surface area contributed by atoms with E-state index in [1.807, 2.05) is 17.7 Å². The molecule has 0 aliphatic carbocycles. The summed E-state index contributed by atoms with van der Waals surface area (Å²) in [6, 6.07) is 3.51. The Hall–Kier alpha value is -2.37. The molecule has 0 fully saturated rings. The fourth-order valence-corrected chi connectivity index (χ4v) is 1.75. The highest BCUT2D eigenvalue weighted by Gasteiger charge is 2.07. The van der Waals surface area contributed by atoms with Gasteiger partial charge in [0.25, 0.3) is 5.91 Å². The fraction of sp³-hybridized carbons (Fsp3) is 0.308. The first kappa shape index (κ1) is 13.1. The topological polar surface area (TPSA) is 71.8 Å². The molecule has 1 amide bonds. The van der Waals surface area contributed by atoms with Crippen LogP contribution in [0.4, 0.5) is 5.82 Å². The van der Waals surface area contributed by atoms with E-state index in [1.165, 1.54) is 0 Å². The zero-order valence-electron chi connectivity index (χ0n) is 11.1. The van der Waals surface area contributed by atoms with Crippen molar-refractivity contribution in [2.24, 2.45) is 0 Å². The van der Waals surface area contributed by atoms with Gasteiger partial charge in [0.15, 0.2) is 0 Å². The third kappa shape index (κ3) is 3.54. The summed E-state index contributed by atoms with van der Waals surface area (Å²) in [7, 11) is 1.78. The zero-order chi connectivity index (χ0) is 13.7. The van der Waals surface area contributed by atoms with Crippen LogP contribution in [0.15, 0.2) is 30.9 Å². The highest BCUT2D eigenvalue weighted by atomic mass is 16.1. The summed E-state index contributed by atoms with van der Waals surface area (Å²) < 4.78 is 1.91. The van der Waals surface area contributed by atoms with Gasteiger partial charge in [0, 0.05) is 43.8 Å². The average Bonchev–Trinajstić information content (AvgIpc) is 2.91. The van der Waals surface area contributed by atoms with Crippen LogP contribution in [0.3, 0.4) is 0 Å². The third-order valence-electron chi connectivity index (χ3n) is 2.69. The predicted molar refractivity (Wildman–Crippen MR) is 73.1 cm³/mol. The number of anilines is 1. The number of hydrogen-bond acceptors (Lipinski definition) is 4. The van der Waals surface area contributed by atoms with Crippen molar-refractivity contribution in [1.29, 1.82) is 0 Å². The van der Waals surface area contributed by atoms with Crippen molar-refractivity contribution in [2.45, 2.75) is 13.5 Å². The Bertz CT molecular complexity index is 550. The van der Waals surface area contributed by atoms with Crippen LogP contribution < -0.4 is 10.6 Å². The summed E-state index contributed by atoms with van der Waals surface area (Å²) in [6.45, 7) is 3.13. The van der Waals surface area contributed by atoms with Gasteiger partial charge in [0.05, 0.1) is 6.33 Å². The number of carbonyl (C=O) groups is 1. The van der Waals surface area contributed by atoms with E-state index in [0.29, 0.717) is 24.5 Å². The number of amides is 1. The van der Waals surface area contributed by atoms with E-state index in [0.717, 1.165) is 5.69 Å². The van der Waals surface area contributed by atoms with Gasteiger partial charge in [-0.3, -0.25) is 4.79 Å². The molecule has 0 spiro atoms. The number of carbonyl (C=O) groups excluding carboxylic acids is 1. The molecular weight excluding hydrogens is 242 g/mol. The Morgan fingerprint density at radius 1 is 1.42 bits per heavy atom. The maximum absolute atomic E-state index is 12.0. The number of nitrogens with one attached hydrogen (secondary N) is 2. The Labute approximate surface area is 111 Å². The van der Waals surface area contributed by atoms with Crippen molar-refractivity contribution in [1.82, 2.24) is 19.9 Å². The van der Waals surface area contributed by atoms with E-state index in [2.05, 4.69) is 20.6 Å². The van der Waals surface area contributed by atoms with E-state index in [-0.39, 0.29) is 5.91 Å². The van der Waals surface area contributed by atoms with E-state index in [1.54, 1.807) is 31.7 Å². The van der Waals surface area contributed by atoms with Crippen LogP contribution in [0.25, 0.3) is 0 Å². The van der Waals surface area contributed by atoms with Crippen LogP contribution in [-0.4, -0.2) is 34.0 Å². The number of imidazole rings is 1. The lowest BCUT2D eigenvalue weighted by molar-refractivity contribution is 0.0952. The first-order chi connectivity index (χ1) is 9.19. The molecule has 0 aliphatic rings. The summed E-state index contributed by atoms with van der Waals surface area (Å²) in [6.07, 6.45) is 5.30. The van der Waals surface area contributed by atoms with Gasteiger partial charge in [0.2, 0.25) is 0 Å². The van der Waals surface area contributed by atoms with Crippen molar-refractivity contribution >= 4 is 11.7 Å². The zero-order valence-corrected chi connectivity index (χ0v) is 11.1. The van der Waals surface area contributed by atoms with Crippen LogP contribution in [0.5, 0.6) is 0 Å². The summed E-state index contributed by atoms with van der Waals surface area (Å²) >= 11 is 0. The minimum Gasteiger partial charge on any atom is -0.373 e. The van der Waals surface area contributed by atoms with Gasteiger partial charge in [-0.05, 0) is 19.1 Å². The monoisotopic (exact) mass is 259 g/mol. The number of aromatic nitrogens is 3. The van der Waals surface area contributed by atoms with Gasteiger partial charge >= 0.3 is 0 Å². The molecule has 0 saturated heterocycles. The van der Waals surface area contributed by atoms with Gasteiger partial charge in [0.1, 0.15) is 5.82 Å². The molecule has 0 saturated carbocycles. The highest BCUT2D eigenvalue weighted by molar-refractivity contribution is 5.94. The average molecular weight is 259 g/mol. The first-order valence-corrected chi connectivity index (χ1v) is 6.09. The highest BCUT2D eigenvalue weighted by Crippen LogP contribution is 2.09. The van der Waals surface area contributed by atoms with Gasteiger partial charge in [-0.25, -0.2) is 9.97 Å². The van der Waals surface area contributed by atoms with Crippen LogP contribution >= 0.6 is 0 Å². The molecule has 0 radical (unpaired) electrons. The molecule has 6 heteroatoms. The van der Waals surface area contributed by atoms with E-state index >= 15 is 0 Å². The molecule has 0 bridgehead atoms. The molecule has 2 aromatic heterocycles. The molecule has 2 aromatic rings. The molecule has 0 atom stereocenters. The molecule has 0 unspecified atom stereocenters. The summed E-state index contributed by atoms with van der Waals surface area (Å²) in [5.41, 5.74) is 1.43. The van der Waals surface area contributed by atoms with Gasteiger partial charge in [-0.1, -0.05) is 0 Å². The second kappa shape index (κ2) is 5.99. The molecule has 0 aromatic carbocycles. The Morgan fingerprint density at radius 2 is 2.26 bits per heavy atom. The molecule has 6 nitrogen and oxygen atoms in total. The second-order valence-electron chi connectivity index (χ2n) is 4.19. The molecular formula is C13H17N5O. The molecule has 2 rings (SSSR count). The van der Waals surface area contributed by atoms with Gasteiger partial charge < -0.3 is 15.2 Å². The third-order valence-corrected chi connectivity index (χ3v) is 2.69. The quantitative estimate of drug-likeness (QED) is 0.842. The predicted octanol–water partition coefficient (Wildman–Crippen LogP) is 1.06. The SMILES string of the molecule is CNc1cc(C(=O)NCCn2ccnc2)cc(C)n1. The van der Waals surface area contributed by atoms with Crippen LogP contribution in [0.2, 0.25) is 0 Å². The van der Waals surface area contributed by atoms with Crippen molar-refractivity contribution in [2.75, 3.05) is 18.9 Å². The standard InChI is InChI=1S/C13H17N5O/c1-10-7-11(8-12(14-2)17-10)13(19)16-4-6-18-5-3-15-9-18/h3,5,7-9H,4,6H2,1-2H3,(H,14,17)(H,16,19). The Kier molecular flexibility index (Phi) is 4.12. The molecule has 0 aliphatic heterocycles. The van der Waals surface area contributed by atoms with Crippen LogP contribution in [0.1, 0.15) is 16.1 Å². The summed E-state index contributed by atoms with van der Waals surface area (Å²) in [4.78, 5) is 20.2. The van der Waals surface area contributed by atoms with Crippen molar-refractivity contribution < 1.29 is 4.79 Å². The Morgan fingerprint density at radius 3 is 2.95 bits per heavy atom.